The summed E-state index contributed by atoms with van der Waals surface area (Å²) in [6.45, 7) is 8.38. The minimum atomic E-state index is 0.109. The van der Waals surface area contributed by atoms with Crippen molar-refractivity contribution in [2.75, 3.05) is 40.4 Å². The number of nitrogens with zero attached hydrogens (tertiary/aromatic N) is 2. The van der Waals surface area contributed by atoms with Crippen molar-refractivity contribution in [3.05, 3.63) is 42.0 Å². The van der Waals surface area contributed by atoms with Gasteiger partial charge in [-0.05, 0) is 63.0 Å². The molecule has 2 saturated heterocycles. The van der Waals surface area contributed by atoms with E-state index in [1.54, 1.807) is 7.11 Å². The van der Waals surface area contributed by atoms with Crippen molar-refractivity contribution >= 4 is 0 Å². The Morgan fingerprint density at radius 1 is 1.36 bits per heavy atom. The Morgan fingerprint density at radius 3 is 2.92 bits per heavy atom. The van der Waals surface area contributed by atoms with Gasteiger partial charge in [0.25, 0.3) is 0 Å². The lowest BCUT2D eigenvalue weighted by atomic mass is 9.69. The highest BCUT2D eigenvalue weighted by molar-refractivity contribution is 5.38. The quantitative estimate of drug-likeness (QED) is 0.805. The van der Waals surface area contributed by atoms with Gasteiger partial charge in [-0.3, -0.25) is 4.90 Å². The molecule has 0 bridgehead atoms. The Morgan fingerprint density at radius 2 is 2.20 bits per heavy atom. The van der Waals surface area contributed by atoms with Crippen molar-refractivity contribution in [2.24, 2.45) is 5.41 Å². The summed E-state index contributed by atoms with van der Waals surface area (Å²) < 4.78 is 5.46. The number of piperidine rings is 2. The van der Waals surface area contributed by atoms with Gasteiger partial charge in [-0.15, -0.1) is 6.58 Å². The number of allylic oxidation sites excluding steroid dienone is 1. The first-order valence-corrected chi connectivity index (χ1v) is 9.42. The summed E-state index contributed by atoms with van der Waals surface area (Å²) in [5, 5.41) is 10.1. The van der Waals surface area contributed by atoms with Crippen molar-refractivity contribution in [1.29, 1.82) is 0 Å². The zero-order valence-electron chi connectivity index (χ0n) is 15.7. The van der Waals surface area contributed by atoms with Gasteiger partial charge in [-0.1, -0.05) is 18.2 Å². The van der Waals surface area contributed by atoms with E-state index < -0.39 is 0 Å². The lowest BCUT2D eigenvalue weighted by molar-refractivity contribution is -0.0684. The fraction of sp³-hybridized carbons (Fsp3) is 0.619. The van der Waals surface area contributed by atoms with Crippen LogP contribution in [0.1, 0.15) is 30.4 Å². The first kappa shape index (κ1) is 18.4. The predicted molar refractivity (Wildman–Crippen MR) is 102 cm³/mol. The van der Waals surface area contributed by atoms with Gasteiger partial charge >= 0.3 is 0 Å². The van der Waals surface area contributed by atoms with E-state index in [-0.39, 0.29) is 5.41 Å². The van der Waals surface area contributed by atoms with E-state index in [9.17, 15) is 5.11 Å². The largest absolute Gasteiger partial charge is 0.496 e. The number of benzene rings is 1. The Bertz CT molecular complexity index is 604. The summed E-state index contributed by atoms with van der Waals surface area (Å²) in [4.78, 5) is 5.00. The molecule has 2 aliphatic rings. The molecule has 0 aromatic heterocycles. The van der Waals surface area contributed by atoms with E-state index in [2.05, 4.69) is 41.6 Å². The zero-order chi connectivity index (χ0) is 17.9. The minimum absolute atomic E-state index is 0.109. The molecule has 4 heteroatoms. The van der Waals surface area contributed by atoms with E-state index in [1.165, 1.54) is 24.0 Å². The van der Waals surface area contributed by atoms with Crippen molar-refractivity contribution in [2.45, 2.75) is 38.3 Å². The summed E-state index contributed by atoms with van der Waals surface area (Å²) >= 11 is 0. The molecule has 0 unspecified atom stereocenters. The first-order chi connectivity index (χ1) is 12.1. The minimum Gasteiger partial charge on any atom is -0.496 e. The van der Waals surface area contributed by atoms with Gasteiger partial charge in [0.1, 0.15) is 5.75 Å². The molecule has 138 valence electrons. The average Bonchev–Trinajstić information content (AvgIpc) is 2.63. The molecular weight excluding hydrogens is 312 g/mol. The average molecular weight is 344 g/mol. The van der Waals surface area contributed by atoms with Crippen LogP contribution in [0.25, 0.3) is 0 Å². The Kier molecular flexibility index (Phi) is 5.82. The fourth-order valence-corrected chi connectivity index (χ4v) is 4.72. The topological polar surface area (TPSA) is 35.9 Å². The molecule has 2 heterocycles. The van der Waals surface area contributed by atoms with Crippen LogP contribution in [0.3, 0.4) is 0 Å². The maximum absolute atomic E-state index is 10.1. The zero-order valence-corrected chi connectivity index (χ0v) is 15.7. The van der Waals surface area contributed by atoms with Crippen LogP contribution < -0.4 is 4.74 Å². The standard InChI is InChI=1S/C21H32N2O2/c1-4-6-18-13-17(7-8-19(18)25-3)14-23-12-10-21(16-24)9-5-11-22(2)20(21)15-23/h4,7-8,13,20,24H,1,5-6,9-12,14-16H2,2-3H3/t20-,21-/m1/s1. The predicted octanol–water partition coefficient (Wildman–Crippen LogP) is 2.70. The van der Waals surface area contributed by atoms with Crippen LogP contribution in [0, 0.1) is 5.41 Å². The molecule has 1 aromatic rings. The molecule has 0 aliphatic carbocycles. The van der Waals surface area contributed by atoms with Crippen LogP contribution in [0.15, 0.2) is 30.9 Å². The van der Waals surface area contributed by atoms with Gasteiger partial charge in [0, 0.05) is 24.5 Å². The number of rotatable bonds is 6. The fourth-order valence-electron chi connectivity index (χ4n) is 4.72. The molecule has 2 atom stereocenters. The van der Waals surface area contributed by atoms with Crippen molar-refractivity contribution < 1.29 is 9.84 Å². The third-order valence-electron chi connectivity index (χ3n) is 6.21. The Balaban J connectivity index is 1.72. The number of likely N-dealkylation sites (N-methyl/N-ethyl adjacent to an activating group) is 1. The molecule has 0 saturated carbocycles. The number of methoxy groups -OCH3 is 1. The van der Waals surface area contributed by atoms with Gasteiger partial charge in [-0.2, -0.15) is 0 Å². The van der Waals surface area contributed by atoms with E-state index in [0.717, 1.165) is 44.8 Å². The van der Waals surface area contributed by atoms with Gasteiger partial charge in [-0.25, -0.2) is 0 Å². The van der Waals surface area contributed by atoms with E-state index in [4.69, 9.17) is 4.74 Å². The van der Waals surface area contributed by atoms with Gasteiger partial charge in [0.05, 0.1) is 13.7 Å². The van der Waals surface area contributed by atoms with Gasteiger partial charge < -0.3 is 14.7 Å². The van der Waals surface area contributed by atoms with Crippen LogP contribution in [-0.2, 0) is 13.0 Å². The molecule has 0 amide bonds. The van der Waals surface area contributed by atoms with E-state index in [0.29, 0.717) is 12.6 Å². The lowest BCUT2D eigenvalue weighted by Crippen LogP contribution is -2.61. The van der Waals surface area contributed by atoms with Crippen LogP contribution in [0.4, 0.5) is 0 Å². The molecule has 1 aromatic carbocycles. The smallest absolute Gasteiger partial charge is 0.122 e. The highest BCUT2D eigenvalue weighted by atomic mass is 16.5. The van der Waals surface area contributed by atoms with Crippen molar-refractivity contribution in [1.82, 2.24) is 9.80 Å². The third kappa shape index (κ3) is 3.76. The molecule has 4 nitrogen and oxygen atoms in total. The SMILES string of the molecule is C=CCc1cc(CN2CC[C@@]3(CO)CCCN(C)[C@@H]3C2)ccc1OC. The van der Waals surface area contributed by atoms with Gasteiger partial charge in [0.2, 0.25) is 0 Å². The number of aliphatic hydroxyl groups excluding tert-OH is 1. The number of hydrogen-bond acceptors (Lipinski definition) is 4. The third-order valence-corrected chi connectivity index (χ3v) is 6.21. The maximum Gasteiger partial charge on any atom is 0.122 e. The van der Waals surface area contributed by atoms with E-state index in [1.807, 2.05) is 6.08 Å². The molecular formula is C21H32N2O2. The van der Waals surface area contributed by atoms with Crippen LogP contribution >= 0.6 is 0 Å². The highest BCUT2D eigenvalue weighted by Crippen LogP contribution is 2.41. The van der Waals surface area contributed by atoms with Crippen molar-refractivity contribution in [3.8, 4) is 5.75 Å². The number of fused-ring (bicyclic) bond motifs is 1. The normalized spacial score (nSPS) is 27.7. The van der Waals surface area contributed by atoms with Gasteiger partial charge in [0.15, 0.2) is 0 Å². The summed E-state index contributed by atoms with van der Waals surface area (Å²) in [6.07, 6.45) is 6.22. The summed E-state index contributed by atoms with van der Waals surface area (Å²) in [5.41, 5.74) is 2.64. The second kappa shape index (κ2) is 7.90. The summed E-state index contributed by atoms with van der Waals surface area (Å²) in [7, 11) is 3.94. The molecule has 25 heavy (non-hydrogen) atoms. The van der Waals surface area contributed by atoms with Crippen molar-refractivity contribution in [3.63, 3.8) is 0 Å². The molecule has 0 radical (unpaired) electrons. The lowest BCUT2D eigenvalue weighted by Gasteiger charge is -2.53. The second-order valence-electron chi connectivity index (χ2n) is 7.74. The number of ether oxygens (including phenoxy) is 1. The van der Waals surface area contributed by atoms with Crippen LogP contribution in [0.5, 0.6) is 5.75 Å². The van der Waals surface area contributed by atoms with E-state index >= 15 is 0 Å². The summed E-state index contributed by atoms with van der Waals surface area (Å²) in [5.74, 6) is 0.939. The maximum atomic E-state index is 10.1. The second-order valence-corrected chi connectivity index (χ2v) is 7.74. The Hall–Kier alpha value is -1.36. The van der Waals surface area contributed by atoms with Crippen LogP contribution in [-0.4, -0.2) is 61.3 Å². The molecule has 0 spiro atoms. The number of likely N-dealkylation sites (tertiary alicyclic amines) is 2. The molecule has 1 N–H and O–H groups in total. The molecule has 2 fully saturated rings. The number of hydrogen-bond donors (Lipinski definition) is 1. The number of aliphatic hydroxyl groups is 1. The van der Waals surface area contributed by atoms with Crippen LogP contribution in [0.2, 0.25) is 0 Å². The molecule has 2 aliphatic heterocycles. The molecule has 3 rings (SSSR count). The Labute approximate surface area is 152 Å². The monoisotopic (exact) mass is 344 g/mol. The highest BCUT2D eigenvalue weighted by Gasteiger charge is 2.46. The summed E-state index contributed by atoms with van der Waals surface area (Å²) in [6, 6.07) is 6.96. The first-order valence-electron chi connectivity index (χ1n) is 9.42.